The van der Waals surface area contributed by atoms with Crippen LogP contribution in [0.5, 0.6) is 0 Å². The summed E-state index contributed by atoms with van der Waals surface area (Å²) in [6.07, 6.45) is 1.88. The zero-order chi connectivity index (χ0) is 13.0. The summed E-state index contributed by atoms with van der Waals surface area (Å²) >= 11 is 0. The minimum atomic E-state index is 0.0636. The molecule has 2 aromatic rings. The lowest BCUT2D eigenvalue weighted by Gasteiger charge is -2.08. The number of allylic oxidation sites excluding steroid dienone is 1. The number of ketones is 1. The molecule has 0 aliphatic heterocycles. The van der Waals surface area contributed by atoms with Crippen LogP contribution in [0.1, 0.15) is 34.3 Å². The Bertz CT molecular complexity index is 555. The van der Waals surface area contributed by atoms with E-state index in [1.54, 1.807) is 0 Å². The Kier molecular flexibility index (Phi) is 3.73. The van der Waals surface area contributed by atoms with E-state index in [1.165, 1.54) is 0 Å². The molecule has 0 saturated heterocycles. The number of carbonyl (C=O) groups is 1. The molecule has 1 nitrogen and oxygen atoms in total. The first kappa shape index (κ1) is 12.3. The quantitative estimate of drug-likeness (QED) is 0.574. The lowest BCUT2D eigenvalue weighted by Crippen LogP contribution is -2.02. The maximum atomic E-state index is 12.3. The van der Waals surface area contributed by atoms with Crippen molar-refractivity contribution in [1.82, 2.24) is 0 Å². The van der Waals surface area contributed by atoms with Gasteiger partial charge in [-0.3, -0.25) is 4.79 Å². The highest BCUT2D eigenvalue weighted by molar-refractivity contribution is 6.09. The van der Waals surface area contributed by atoms with Crippen molar-refractivity contribution in [3.63, 3.8) is 0 Å². The zero-order valence-corrected chi connectivity index (χ0v) is 10.5. The van der Waals surface area contributed by atoms with Gasteiger partial charge in [0.2, 0.25) is 0 Å². The Balaban J connectivity index is 2.34. The SMILES string of the molecule is C=CC(C)c1cccc(C(=O)c2ccccc2)c1. The third kappa shape index (κ3) is 2.57. The summed E-state index contributed by atoms with van der Waals surface area (Å²) in [5.74, 6) is 0.322. The summed E-state index contributed by atoms with van der Waals surface area (Å²) in [5.41, 5.74) is 2.57. The number of carbonyl (C=O) groups excluding carboxylic acids is 1. The van der Waals surface area contributed by atoms with E-state index in [-0.39, 0.29) is 11.7 Å². The molecule has 0 aromatic heterocycles. The van der Waals surface area contributed by atoms with Crippen LogP contribution >= 0.6 is 0 Å². The van der Waals surface area contributed by atoms with Crippen molar-refractivity contribution in [2.24, 2.45) is 0 Å². The van der Waals surface area contributed by atoms with Crippen LogP contribution in [0.2, 0.25) is 0 Å². The van der Waals surface area contributed by atoms with Gasteiger partial charge in [-0.2, -0.15) is 0 Å². The molecule has 18 heavy (non-hydrogen) atoms. The number of rotatable bonds is 4. The molecule has 0 bridgehead atoms. The van der Waals surface area contributed by atoms with Crippen molar-refractivity contribution < 1.29 is 4.79 Å². The van der Waals surface area contributed by atoms with E-state index in [0.29, 0.717) is 0 Å². The molecule has 0 aliphatic rings. The fourth-order valence-corrected chi connectivity index (χ4v) is 1.86. The Labute approximate surface area is 108 Å². The van der Waals surface area contributed by atoms with Gasteiger partial charge in [-0.15, -0.1) is 6.58 Å². The number of benzene rings is 2. The maximum Gasteiger partial charge on any atom is 0.193 e. The highest BCUT2D eigenvalue weighted by Crippen LogP contribution is 2.19. The van der Waals surface area contributed by atoms with E-state index >= 15 is 0 Å². The van der Waals surface area contributed by atoms with Crippen LogP contribution in [0, 0.1) is 0 Å². The Morgan fingerprint density at radius 1 is 1.06 bits per heavy atom. The number of hydrogen-bond donors (Lipinski definition) is 0. The van der Waals surface area contributed by atoms with Gasteiger partial charge in [0.25, 0.3) is 0 Å². The predicted molar refractivity (Wildman–Crippen MR) is 74.9 cm³/mol. The highest BCUT2D eigenvalue weighted by Gasteiger charge is 2.10. The normalized spacial score (nSPS) is 11.8. The van der Waals surface area contributed by atoms with Crippen molar-refractivity contribution in [2.75, 3.05) is 0 Å². The standard InChI is InChI=1S/C17H16O/c1-3-13(2)15-10-7-11-16(12-15)17(18)14-8-5-4-6-9-14/h3-13H,1H2,2H3. The molecule has 2 rings (SSSR count). The van der Waals surface area contributed by atoms with Gasteiger partial charge in [-0.05, 0) is 17.5 Å². The van der Waals surface area contributed by atoms with Crippen LogP contribution in [0.4, 0.5) is 0 Å². The Morgan fingerprint density at radius 2 is 1.72 bits per heavy atom. The van der Waals surface area contributed by atoms with Gasteiger partial charge >= 0.3 is 0 Å². The van der Waals surface area contributed by atoms with Crippen LogP contribution in [-0.4, -0.2) is 5.78 Å². The second kappa shape index (κ2) is 5.46. The molecule has 0 spiro atoms. The molecule has 0 saturated carbocycles. The van der Waals surface area contributed by atoms with Crippen LogP contribution in [0.25, 0.3) is 0 Å². The minimum absolute atomic E-state index is 0.0636. The van der Waals surface area contributed by atoms with Crippen LogP contribution in [0.15, 0.2) is 67.3 Å². The fraction of sp³-hybridized carbons (Fsp3) is 0.118. The van der Waals surface area contributed by atoms with E-state index in [2.05, 4.69) is 13.5 Å². The maximum absolute atomic E-state index is 12.3. The molecule has 2 aromatic carbocycles. The summed E-state index contributed by atoms with van der Waals surface area (Å²) in [4.78, 5) is 12.3. The first-order valence-electron chi connectivity index (χ1n) is 6.04. The van der Waals surface area contributed by atoms with E-state index in [4.69, 9.17) is 0 Å². The molecule has 90 valence electrons. The molecule has 1 atom stereocenters. The molecule has 0 aliphatic carbocycles. The van der Waals surface area contributed by atoms with Gasteiger partial charge in [-0.25, -0.2) is 0 Å². The van der Waals surface area contributed by atoms with Gasteiger partial charge in [0.15, 0.2) is 5.78 Å². The van der Waals surface area contributed by atoms with Crippen molar-refractivity contribution in [2.45, 2.75) is 12.8 Å². The molecule has 0 heterocycles. The summed E-state index contributed by atoms with van der Waals surface area (Å²) < 4.78 is 0. The monoisotopic (exact) mass is 236 g/mol. The summed E-state index contributed by atoms with van der Waals surface area (Å²) in [5, 5.41) is 0. The van der Waals surface area contributed by atoms with Crippen molar-refractivity contribution in [1.29, 1.82) is 0 Å². The molecule has 0 fully saturated rings. The van der Waals surface area contributed by atoms with Crippen LogP contribution < -0.4 is 0 Å². The summed E-state index contributed by atoms with van der Waals surface area (Å²) in [6.45, 7) is 5.85. The van der Waals surface area contributed by atoms with E-state index in [1.807, 2.05) is 60.7 Å². The van der Waals surface area contributed by atoms with E-state index < -0.39 is 0 Å². The van der Waals surface area contributed by atoms with Crippen LogP contribution in [-0.2, 0) is 0 Å². The largest absolute Gasteiger partial charge is 0.289 e. The third-order valence-electron chi connectivity index (χ3n) is 3.06. The first-order valence-corrected chi connectivity index (χ1v) is 6.04. The van der Waals surface area contributed by atoms with Gasteiger partial charge in [0.05, 0.1) is 0 Å². The van der Waals surface area contributed by atoms with Crippen molar-refractivity contribution in [3.05, 3.63) is 83.9 Å². The lowest BCUT2D eigenvalue weighted by molar-refractivity contribution is 0.103. The second-order valence-electron chi connectivity index (χ2n) is 4.34. The molecule has 0 radical (unpaired) electrons. The molecule has 1 unspecified atom stereocenters. The highest BCUT2D eigenvalue weighted by atomic mass is 16.1. The molecular formula is C17H16O. The molecule has 1 heteroatoms. The molecule has 0 amide bonds. The third-order valence-corrected chi connectivity index (χ3v) is 3.06. The summed E-state index contributed by atoms with van der Waals surface area (Å²) in [6, 6.07) is 17.1. The summed E-state index contributed by atoms with van der Waals surface area (Å²) in [7, 11) is 0. The predicted octanol–water partition coefficient (Wildman–Crippen LogP) is 4.21. The topological polar surface area (TPSA) is 17.1 Å². The van der Waals surface area contributed by atoms with Crippen molar-refractivity contribution in [3.8, 4) is 0 Å². The van der Waals surface area contributed by atoms with Gasteiger partial charge in [0.1, 0.15) is 0 Å². The number of hydrogen-bond acceptors (Lipinski definition) is 1. The average molecular weight is 236 g/mol. The van der Waals surface area contributed by atoms with Crippen molar-refractivity contribution >= 4 is 5.78 Å². The van der Waals surface area contributed by atoms with Gasteiger partial charge < -0.3 is 0 Å². The molecule has 0 N–H and O–H groups in total. The van der Waals surface area contributed by atoms with E-state index in [9.17, 15) is 4.79 Å². The fourth-order valence-electron chi connectivity index (χ4n) is 1.86. The van der Waals surface area contributed by atoms with Gasteiger partial charge in [-0.1, -0.05) is 61.5 Å². The minimum Gasteiger partial charge on any atom is -0.289 e. The smallest absolute Gasteiger partial charge is 0.193 e. The van der Waals surface area contributed by atoms with Crippen LogP contribution in [0.3, 0.4) is 0 Å². The Hall–Kier alpha value is -2.15. The second-order valence-corrected chi connectivity index (χ2v) is 4.34. The Morgan fingerprint density at radius 3 is 2.39 bits per heavy atom. The molecular weight excluding hydrogens is 220 g/mol. The lowest BCUT2D eigenvalue weighted by atomic mass is 9.96. The average Bonchev–Trinajstić information content (AvgIpc) is 2.46. The zero-order valence-electron chi connectivity index (χ0n) is 10.5. The first-order chi connectivity index (χ1) is 8.72. The van der Waals surface area contributed by atoms with Gasteiger partial charge in [0, 0.05) is 11.1 Å². The van der Waals surface area contributed by atoms with E-state index in [0.717, 1.165) is 16.7 Å².